The number of anilines is 2. The number of rotatable bonds is 8. The molecule has 0 fully saturated rings. The molecule has 3 rings (SSSR count). The van der Waals surface area contributed by atoms with E-state index in [9.17, 15) is 14.9 Å². The number of halogens is 1. The summed E-state index contributed by atoms with van der Waals surface area (Å²) in [5.41, 5.74) is 0.770. The molecule has 11 heteroatoms. The second-order valence-electron chi connectivity index (χ2n) is 5.44. The summed E-state index contributed by atoms with van der Waals surface area (Å²) >= 11 is 6.95. The van der Waals surface area contributed by atoms with Crippen molar-refractivity contribution in [3.63, 3.8) is 0 Å². The minimum Gasteiger partial charge on any atom is -0.414 e. The Morgan fingerprint density at radius 3 is 2.82 bits per heavy atom. The number of thioether (sulfide) groups is 1. The standard InChI is InChI=1S/C17H14ClN5O4S/c18-11-4-3-5-12(8-11)19-9-16-21-22-17(27-16)28-10-15(24)20-13-6-1-2-7-14(13)23(25)26/h1-8,19H,9-10H2,(H,20,24). The molecule has 3 aromatic rings. The first-order valence-electron chi connectivity index (χ1n) is 7.99. The lowest BCUT2D eigenvalue weighted by molar-refractivity contribution is -0.383. The first-order valence-corrected chi connectivity index (χ1v) is 9.35. The van der Waals surface area contributed by atoms with E-state index < -0.39 is 10.8 Å². The Morgan fingerprint density at radius 1 is 1.21 bits per heavy atom. The maximum absolute atomic E-state index is 12.0. The number of carbonyl (C=O) groups is 1. The summed E-state index contributed by atoms with van der Waals surface area (Å²) in [7, 11) is 0. The van der Waals surface area contributed by atoms with E-state index in [2.05, 4.69) is 20.8 Å². The van der Waals surface area contributed by atoms with E-state index in [-0.39, 0.29) is 22.4 Å². The Hall–Kier alpha value is -3.11. The Kier molecular flexibility index (Phi) is 6.45. The third-order valence-corrected chi connectivity index (χ3v) is 4.47. The number of nitrogens with one attached hydrogen (secondary N) is 2. The van der Waals surface area contributed by atoms with E-state index in [0.717, 1.165) is 17.4 Å². The molecule has 0 radical (unpaired) electrons. The molecule has 0 aliphatic rings. The molecule has 9 nitrogen and oxygen atoms in total. The number of hydrogen-bond donors (Lipinski definition) is 2. The molecule has 2 N–H and O–H groups in total. The van der Waals surface area contributed by atoms with Crippen LogP contribution in [0.1, 0.15) is 5.89 Å². The van der Waals surface area contributed by atoms with E-state index >= 15 is 0 Å². The third-order valence-electron chi connectivity index (χ3n) is 3.42. The monoisotopic (exact) mass is 419 g/mol. The number of nitro benzene ring substituents is 1. The van der Waals surface area contributed by atoms with Gasteiger partial charge in [-0.3, -0.25) is 14.9 Å². The van der Waals surface area contributed by atoms with Gasteiger partial charge in [0.2, 0.25) is 11.8 Å². The lowest BCUT2D eigenvalue weighted by atomic mass is 10.2. The fourth-order valence-electron chi connectivity index (χ4n) is 2.20. The van der Waals surface area contributed by atoms with Crippen LogP contribution >= 0.6 is 23.4 Å². The van der Waals surface area contributed by atoms with E-state index in [1.54, 1.807) is 18.2 Å². The molecule has 0 saturated heterocycles. The van der Waals surface area contributed by atoms with Gasteiger partial charge in [0.1, 0.15) is 5.69 Å². The fraction of sp³-hybridized carbons (Fsp3) is 0.118. The molecular weight excluding hydrogens is 406 g/mol. The van der Waals surface area contributed by atoms with Gasteiger partial charge in [0, 0.05) is 16.8 Å². The molecule has 1 aromatic heterocycles. The molecule has 0 aliphatic carbocycles. The van der Waals surface area contributed by atoms with Gasteiger partial charge in [0.25, 0.3) is 10.9 Å². The first kappa shape index (κ1) is 19.6. The largest absolute Gasteiger partial charge is 0.414 e. The van der Waals surface area contributed by atoms with Gasteiger partial charge in [0.15, 0.2) is 0 Å². The van der Waals surface area contributed by atoms with E-state index in [0.29, 0.717) is 17.5 Å². The van der Waals surface area contributed by atoms with Gasteiger partial charge >= 0.3 is 0 Å². The summed E-state index contributed by atoms with van der Waals surface area (Å²) < 4.78 is 5.46. The van der Waals surface area contributed by atoms with Crippen LogP contribution in [-0.2, 0) is 11.3 Å². The molecule has 28 heavy (non-hydrogen) atoms. The third kappa shape index (κ3) is 5.44. The van der Waals surface area contributed by atoms with Crippen LogP contribution in [0.15, 0.2) is 58.2 Å². The topological polar surface area (TPSA) is 123 Å². The highest BCUT2D eigenvalue weighted by Crippen LogP contribution is 2.24. The number of amides is 1. The zero-order chi connectivity index (χ0) is 19.9. The van der Waals surface area contributed by atoms with Gasteiger partial charge in [0.05, 0.1) is 17.2 Å². The molecule has 0 spiro atoms. The molecule has 0 saturated carbocycles. The van der Waals surface area contributed by atoms with Crippen molar-refractivity contribution in [1.82, 2.24) is 10.2 Å². The second kappa shape index (κ2) is 9.20. The van der Waals surface area contributed by atoms with Crippen LogP contribution in [0, 0.1) is 10.1 Å². The second-order valence-corrected chi connectivity index (χ2v) is 6.80. The lowest BCUT2D eigenvalue weighted by Crippen LogP contribution is -2.15. The van der Waals surface area contributed by atoms with Crippen LogP contribution in [0.4, 0.5) is 17.1 Å². The zero-order valence-corrected chi connectivity index (χ0v) is 15.9. The highest BCUT2D eigenvalue weighted by Gasteiger charge is 2.16. The normalized spacial score (nSPS) is 10.5. The number of hydrogen-bond acceptors (Lipinski definition) is 8. The van der Waals surface area contributed by atoms with Crippen molar-refractivity contribution in [3.8, 4) is 0 Å². The minimum absolute atomic E-state index is 0.0323. The van der Waals surface area contributed by atoms with E-state index in [1.807, 2.05) is 12.1 Å². The number of nitro groups is 1. The summed E-state index contributed by atoms with van der Waals surface area (Å²) in [4.78, 5) is 22.5. The lowest BCUT2D eigenvalue weighted by Gasteiger charge is -2.04. The van der Waals surface area contributed by atoms with Gasteiger partial charge in [-0.2, -0.15) is 0 Å². The number of nitrogens with zero attached hydrogens (tertiary/aromatic N) is 3. The predicted molar refractivity (Wildman–Crippen MR) is 106 cm³/mol. The smallest absolute Gasteiger partial charge is 0.292 e. The number of aromatic nitrogens is 2. The van der Waals surface area contributed by atoms with Crippen LogP contribution in [-0.4, -0.2) is 26.8 Å². The Labute approximate surface area is 168 Å². The summed E-state index contributed by atoms with van der Waals surface area (Å²) in [6, 6.07) is 13.1. The number of para-hydroxylation sites is 2. The maximum atomic E-state index is 12.0. The first-order chi connectivity index (χ1) is 13.5. The van der Waals surface area contributed by atoms with Gasteiger partial charge in [-0.15, -0.1) is 10.2 Å². The van der Waals surface area contributed by atoms with Crippen molar-refractivity contribution in [2.45, 2.75) is 11.8 Å². The molecule has 144 valence electrons. The quantitative estimate of drug-likeness (QED) is 0.319. The Bertz CT molecular complexity index is 997. The van der Waals surface area contributed by atoms with Crippen molar-refractivity contribution in [3.05, 3.63) is 69.6 Å². The van der Waals surface area contributed by atoms with Gasteiger partial charge in [-0.1, -0.05) is 41.6 Å². The molecular formula is C17H14ClN5O4S. The Morgan fingerprint density at radius 2 is 2.04 bits per heavy atom. The summed E-state index contributed by atoms with van der Waals surface area (Å²) in [5, 5.41) is 25.2. The summed E-state index contributed by atoms with van der Waals surface area (Å²) in [5.74, 6) is -0.104. The van der Waals surface area contributed by atoms with Crippen LogP contribution in [0.3, 0.4) is 0 Å². The van der Waals surface area contributed by atoms with Crippen molar-refractivity contribution in [2.75, 3.05) is 16.4 Å². The van der Waals surface area contributed by atoms with E-state index in [1.165, 1.54) is 18.2 Å². The summed E-state index contributed by atoms with van der Waals surface area (Å²) in [6.45, 7) is 0.302. The SMILES string of the molecule is O=C(CSc1nnc(CNc2cccc(Cl)c2)o1)Nc1ccccc1[N+](=O)[O-]. The number of carbonyl (C=O) groups excluding carboxylic acids is 1. The van der Waals surface area contributed by atoms with Gasteiger partial charge in [-0.05, 0) is 24.3 Å². The van der Waals surface area contributed by atoms with Gasteiger partial charge < -0.3 is 15.1 Å². The summed E-state index contributed by atoms with van der Waals surface area (Å²) in [6.07, 6.45) is 0. The van der Waals surface area contributed by atoms with Crippen LogP contribution < -0.4 is 10.6 Å². The van der Waals surface area contributed by atoms with E-state index in [4.69, 9.17) is 16.0 Å². The number of benzene rings is 2. The molecule has 0 atom stereocenters. The van der Waals surface area contributed by atoms with Crippen molar-refractivity contribution in [2.24, 2.45) is 0 Å². The highest BCUT2D eigenvalue weighted by atomic mass is 35.5. The van der Waals surface area contributed by atoms with Crippen molar-refractivity contribution < 1.29 is 14.1 Å². The van der Waals surface area contributed by atoms with Crippen LogP contribution in [0.5, 0.6) is 0 Å². The fourth-order valence-corrected chi connectivity index (χ4v) is 2.97. The predicted octanol–water partition coefficient (Wildman–Crippen LogP) is 3.97. The van der Waals surface area contributed by atoms with Gasteiger partial charge in [-0.25, -0.2) is 0 Å². The average Bonchev–Trinajstić information content (AvgIpc) is 3.13. The molecule has 0 aliphatic heterocycles. The minimum atomic E-state index is -0.556. The average molecular weight is 420 g/mol. The Balaban J connectivity index is 1.50. The molecule has 2 aromatic carbocycles. The molecule has 0 unspecified atom stereocenters. The maximum Gasteiger partial charge on any atom is 0.292 e. The zero-order valence-electron chi connectivity index (χ0n) is 14.3. The molecule has 1 heterocycles. The molecule has 0 bridgehead atoms. The van der Waals surface area contributed by atoms with Crippen LogP contribution in [0.2, 0.25) is 5.02 Å². The van der Waals surface area contributed by atoms with Crippen molar-refractivity contribution >= 4 is 46.3 Å². The van der Waals surface area contributed by atoms with Crippen LogP contribution in [0.25, 0.3) is 0 Å². The van der Waals surface area contributed by atoms with Crippen molar-refractivity contribution in [1.29, 1.82) is 0 Å². The molecule has 1 amide bonds. The highest BCUT2D eigenvalue weighted by molar-refractivity contribution is 7.99.